The number of aldehydes is 1. The number of rotatable bonds is 5. The first-order chi connectivity index (χ1) is 7.04. The molecule has 82 valence electrons. The highest BCUT2D eigenvalue weighted by Gasteiger charge is 2.15. The van der Waals surface area contributed by atoms with E-state index in [4.69, 9.17) is 0 Å². The van der Waals surface area contributed by atoms with Crippen LogP contribution >= 0.6 is 0 Å². The van der Waals surface area contributed by atoms with Crippen LogP contribution in [0.1, 0.15) is 5.56 Å². The Morgan fingerprint density at radius 3 is 2.33 bits per heavy atom. The average Bonchev–Trinajstić information content (AvgIpc) is 2.17. The van der Waals surface area contributed by atoms with Crippen LogP contribution < -0.4 is 0 Å². The zero-order valence-corrected chi connectivity index (χ0v) is 9.28. The number of sulfonamides is 1. The van der Waals surface area contributed by atoms with Gasteiger partial charge in [-0.3, -0.25) is 0 Å². The minimum absolute atomic E-state index is 0.103. The number of hydrogen-bond donors (Lipinski definition) is 0. The maximum atomic E-state index is 11.3. The lowest BCUT2D eigenvalue weighted by molar-refractivity contribution is -0.108. The number of carbonyl (C=O) groups excluding carboxylic acids is 1. The van der Waals surface area contributed by atoms with Crippen molar-refractivity contribution in [3.05, 3.63) is 35.9 Å². The van der Waals surface area contributed by atoms with Gasteiger partial charge in [-0.25, -0.2) is 8.42 Å². The van der Waals surface area contributed by atoms with E-state index in [2.05, 4.69) is 0 Å². The average molecular weight is 227 g/mol. The Bertz CT molecular complexity index is 414. The molecule has 0 heterocycles. The van der Waals surface area contributed by atoms with Crippen LogP contribution in [0.2, 0.25) is 0 Å². The van der Waals surface area contributed by atoms with Gasteiger partial charge in [0.05, 0.1) is 12.8 Å². The summed E-state index contributed by atoms with van der Waals surface area (Å²) in [4.78, 5) is 10.3. The molecule has 0 aromatic heterocycles. The molecule has 0 aliphatic carbocycles. The van der Waals surface area contributed by atoms with Gasteiger partial charge in [0, 0.05) is 6.54 Å². The summed E-state index contributed by atoms with van der Waals surface area (Å²) in [7, 11) is -3.32. The first-order valence-corrected chi connectivity index (χ1v) is 6.31. The Balaban J connectivity index is 2.81. The minimum Gasteiger partial charge on any atom is -0.302 e. The highest BCUT2D eigenvalue weighted by atomic mass is 32.2. The van der Waals surface area contributed by atoms with Crippen LogP contribution in [0.4, 0.5) is 0 Å². The van der Waals surface area contributed by atoms with Crippen LogP contribution in [0.15, 0.2) is 30.3 Å². The molecule has 1 rings (SSSR count). The van der Waals surface area contributed by atoms with E-state index in [-0.39, 0.29) is 13.1 Å². The van der Waals surface area contributed by atoms with Gasteiger partial charge in [-0.15, -0.1) is 0 Å². The van der Waals surface area contributed by atoms with Gasteiger partial charge < -0.3 is 4.79 Å². The minimum atomic E-state index is -3.32. The van der Waals surface area contributed by atoms with Crippen molar-refractivity contribution in [3.63, 3.8) is 0 Å². The van der Waals surface area contributed by atoms with Crippen molar-refractivity contribution in [1.82, 2.24) is 4.31 Å². The van der Waals surface area contributed by atoms with Gasteiger partial charge in [0.1, 0.15) is 6.29 Å². The van der Waals surface area contributed by atoms with Gasteiger partial charge in [0.2, 0.25) is 10.0 Å². The SMILES string of the molecule is CS(=O)(=O)N(CC=O)Cc1ccccc1. The normalized spacial score (nSPS) is 11.6. The Morgan fingerprint density at radius 2 is 1.87 bits per heavy atom. The number of hydrogen-bond acceptors (Lipinski definition) is 3. The van der Waals surface area contributed by atoms with Crippen molar-refractivity contribution in [2.75, 3.05) is 12.8 Å². The van der Waals surface area contributed by atoms with Crippen LogP contribution in [0.25, 0.3) is 0 Å². The molecule has 0 spiro atoms. The lowest BCUT2D eigenvalue weighted by atomic mass is 10.2. The molecule has 1 aromatic carbocycles. The van der Waals surface area contributed by atoms with Crippen molar-refractivity contribution in [1.29, 1.82) is 0 Å². The van der Waals surface area contributed by atoms with Crippen LogP contribution in [-0.4, -0.2) is 31.8 Å². The molecule has 0 unspecified atom stereocenters. The van der Waals surface area contributed by atoms with E-state index in [0.717, 1.165) is 16.1 Å². The fraction of sp³-hybridized carbons (Fsp3) is 0.300. The second kappa shape index (κ2) is 5.04. The second-order valence-electron chi connectivity index (χ2n) is 3.21. The Hall–Kier alpha value is -1.20. The molecule has 0 fully saturated rings. The first-order valence-electron chi connectivity index (χ1n) is 4.46. The molecule has 0 aliphatic rings. The zero-order chi connectivity index (χ0) is 11.3. The fourth-order valence-electron chi connectivity index (χ4n) is 1.19. The van der Waals surface area contributed by atoms with Crippen LogP contribution in [0, 0.1) is 0 Å². The summed E-state index contributed by atoms with van der Waals surface area (Å²) < 4.78 is 23.7. The van der Waals surface area contributed by atoms with Crippen molar-refractivity contribution in [2.45, 2.75) is 6.54 Å². The lowest BCUT2D eigenvalue weighted by Crippen LogP contribution is -2.31. The highest BCUT2D eigenvalue weighted by molar-refractivity contribution is 7.88. The molecule has 4 nitrogen and oxygen atoms in total. The molecule has 0 bridgehead atoms. The summed E-state index contributed by atoms with van der Waals surface area (Å²) in [6.07, 6.45) is 1.68. The summed E-state index contributed by atoms with van der Waals surface area (Å²) in [6, 6.07) is 9.16. The third-order valence-electron chi connectivity index (χ3n) is 1.95. The Kier molecular flexibility index (Phi) is 3.99. The standard InChI is InChI=1S/C10H13NO3S/c1-15(13,14)11(7-8-12)9-10-5-3-2-4-6-10/h2-6,8H,7,9H2,1H3. The molecule has 0 radical (unpaired) electrons. The zero-order valence-electron chi connectivity index (χ0n) is 8.46. The first kappa shape index (κ1) is 11.9. The molecule has 0 amide bonds. The lowest BCUT2D eigenvalue weighted by Gasteiger charge is -2.16. The Morgan fingerprint density at radius 1 is 1.27 bits per heavy atom. The van der Waals surface area contributed by atoms with Crippen LogP contribution in [0.3, 0.4) is 0 Å². The molecule has 0 atom stereocenters. The Labute approximate surface area is 89.6 Å². The van der Waals surface area contributed by atoms with E-state index in [9.17, 15) is 13.2 Å². The predicted octanol–water partition coefficient (Wildman–Crippen LogP) is 0.647. The van der Waals surface area contributed by atoms with Crippen molar-refractivity contribution in [2.24, 2.45) is 0 Å². The largest absolute Gasteiger partial charge is 0.302 e. The van der Waals surface area contributed by atoms with Crippen molar-refractivity contribution in [3.8, 4) is 0 Å². The van der Waals surface area contributed by atoms with Crippen LogP contribution in [0.5, 0.6) is 0 Å². The number of carbonyl (C=O) groups is 1. The third kappa shape index (κ3) is 3.81. The van der Waals surface area contributed by atoms with E-state index >= 15 is 0 Å². The fourth-order valence-corrected chi connectivity index (χ4v) is 1.90. The smallest absolute Gasteiger partial charge is 0.211 e. The van der Waals surface area contributed by atoms with Gasteiger partial charge in [-0.1, -0.05) is 30.3 Å². The molecule has 0 N–H and O–H groups in total. The highest BCUT2D eigenvalue weighted by Crippen LogP contribution is 2.06. The van der Waals surface area contributed by atoms with Crippen molar-refractivity contribution < 1.29 is 13.2 Å². The maximum absolute atomic E-state index is 11.3. The summed E-state index contributed by atoms with van der Waals surface area (Å²) in [6.45, 7) is 0.131. The third-order valence-corrected chi connectivity index (χ3v) is 3.17. The monoisotopic (exact) mass is 227 g/mol. The predicted molar refractivity (Wildman–Crippen MR) is 57.8 cm³/mol. The number of benzene rings is 1. The van der Waals surface area contributed by atoms with Crippen molar-refractivity contribution >= 4 is 16.3 Å². The van der Waals surface area contributed by atoms with E-state index < -0.39 is 10.0 Å². The summed E-state index contributed by atoms with van der Waals surface area (Å²) in [5.74, 6) is 0. The quantitative estimate of drug-likeness (QED) is 0.694. The topological polar surface area (TPSA) is 54.5 Å². The molecular formula is C10H13NO3S. The van der Waals surface area contributed by atoms with Crippen LogP contribution in [-0.2, 0) is 21.4 Å². The molecular weight excluding hydrogens is 214 g/mol. The summed E-state index contributed by atoms with van der Waals surface area (Å²) in [5.41, 5.74) is 0.866. The summed E-state index contributed by atoms with van der Waals surface area (Å²) in [5, 5.41) is 0. The summed E-state index contributed by atoms with van der Waals surface area (Å²) >= 11 is 0. The van der Waals surface area contributed by atoms with Gasteiger partial charge in [0.15, 0.2) is 0 Å². The second-order valence-corrected chi connectivity index (χ2v) is 5.19. The molecule has 0 aliphatic heterocycles. The maximum Gasteiger partial charge on any atom is 0.211 e. The van der Waals surface area contributed by atoms with E-state index in [1.165, 1.54) is 0 Å². The van der Waals surface area contributed by atoms with Gasteiger partial charge >= 0.3 is 0 Å². The van der Waals surface area contributed by atoms with Gasteiger partial charge in [-0.05, 0) is 5.56 Å². The van der Waals surface area contributed by atoms with Gasteiger partial charge in [0.25, 0.3) is 0 Å². The number of nitrogens with zero attached hydrogens (tertiary/aromatic N) is 1. The molecule has 1 aromatic rings. The molecule has 5 heteroatoms. The van der Waals surface area contributed by atoms with E-state index in [0.29, 0.717) is 6.29 Å². The molecule has 0 saturated carbocycles. The molecule has 0 saturated heterocycles. The van der Waals surface area contributed by atoms with E-state index in [1.807, 2.05) is 30.3 Å². The molecule has 15 heavy (non-hydrogen) atoms. The van der Waals surface area contributed by atoms with E-state index in [1.54, 1.807) is 0 Å². The van der Waals surface area contributed by atoms with Gasteiger partial charge in [-0.2, -0.15) is 4.31 Å².